The zero-order valence-corrected chi connectivity index (χ0v) is 74.7. The number of allylic oxidation sites excluding steroid dienone is 24. The quantitative estimate of drug-likeness (QED) is 0.0146. The molecule has 0 saturated carbocycles. The van der Waals surface area contributed by atoms with E-state index in [2.05, 4.69) is 167 Å². The molecule has 0 amide bonds. The molecule has 18 heteroatoms. The van der Waals surface area contributed by atoms with Crippen LogP contribution in [0, 0.1) is 0 Å². The lowest BCUT2D eigenvalue weighted by molar-refractivity contribution is -0.161. The minimum atomic E-state index is -4.94. The molecule has 5 atom stereocenters. The first-order valence-electron chi connectivity index (χ1n) is 46.1. The summed E-state index contributed by atoms with van der Waals surface area (Å²) in [5.41, 5.74) is 0. The molecule has 0 aliphatic heterocycles. The van der Waals surface area contributed by atoms with Crippen molar-refractivity contribution < 1.29 is 75.8 Å². The van der Waals surface area contributed by atoms with E-state index in [0.717, 1.165) is 154 Å². The van der Waals surface area contributed by atoms with Crippen molar-refractivity contribution in [2.45, 2.75) is 411 Å². The van der Waals surface area contributed by atoms with Crippen LogP contribution in [-0.4, -0.2) is 95.9 Å². The lowest BCUT2D eigenvalue weighted by Crippen LogP contribution is -2.30. The van der Waals surface area contributed by atoms with Crippen molar-refractivity contribution in [2.75, 3.05) is 39.6 Å². The highest BCUT2D eigenvalue weighted by molar-refractivity contribution is 7.47. The number of unbranched alkanes of at least 4 members (excludes halogenated alkanes) is 40. The smallest absolute Gasteiger partial charge is 0.463 e. The molecule has 0 aliphatic rings. The molecule has 0 heterocycles. The van der Waals surface area contributed by atoms with E-state index in [4.69, 9.17) is 32.3 Å². The van der Waals surface area contributed by atoms with Gasteiger partial charge in [-0.25, -0.2) is 9.13 Å². The van der Waals surface area contributed by atoms with Gasteiger partial charge in [0.1, 0.15) is 25.4 Å². The second-order valence-corrected chi connectivity index (χ2v) is 33.6. The van der Waals surface area contributed by atoms with Crippen molar-refractivity contribution in [2.24, 2.45) is 0 Å². The summed E-state index contributed by atoms with van der Waals surface area (Å²) in [5.74, 6) is -1.58. The van der Waals surface area contributed by atoms with Crippen molar-refractivity contribution in [3.8, 4) is 0 Å². The van der Waals surface area contributed by atoms with Gasteiger partial charge in [0.05, 0.1) is 26.4 Å². The van der Waals surface area contributed by atoms with E-state index in [-0.39, 0.29) is 19.3 Å². The van der Waals surface area contributed by atoms with Gasteiger partial charge >= 0.3 is 33.6 Å². The highest BCUT2D eigenvalue weighted by Gasteiger charge is 2.29. The van der Waals surface area contributed by atoms with Gasteiger partial charge in [-0.05, 0) is 135 Å². The average Bonchev–Trinajstić information content (AvgIpc) is 0.905. The van der Waals surface area contributed by atoms with Crippen LogP contribution in [0.25, 0.3) is 0 Å². The van der Waals surface area contributed by atoms with Gasteiger partial charge in [0.15, 0.2) is 6.10 Å². The fourth-order valence-corrected chi connectivity index (χ4v) is 14.2. The van der Waals surface area contributed by atoms with Crippen molar-refractivity contribution in [3.63, 3.8) is 0 Å². The predicted molar refractivity (Wildman–Crippen MR) is 482 cm³/mol. The molecule has 4 N–H and O–H groups in total. The normalized spacial score (nSPS) is 14.5. The number of phosphoric ester groups is 2. The molecule has 16 nitrogen and oxygen atoms in total. The average molecular weight is 1650 g/mol. The maximum absolute atomic E-state index is 13.0. The summed E-state index contributed by atoms with van der Waals surface area (Å²) in [6.45, 7) is 2.42. The van der Waals surface area contributed by atoms with E-state index in [1.807, 2.05) is 0 Å². The summed E-state index contributed by atoms with van der Waals surface area (Å²) in [6, 6.07) is 0. The molecule has 0 fully saturated rings. The number of carbonyl (C=O) groups is 3. The SMILES string of the molecule is CC/C=C\C/C=C\C/C=C\C/C=C\C/C=C\CCCCCCCCCCCCCCCCCCCCCC(=O)OCC(O)COP(=O)(O)OCC(O)COP(=O)(O)OCC(COC(=O)CCCCCCCCCCCCCCCCC/C=C\C/C=C\C/C=C\C/C=C\C/C=C\CC)OC(=O)CCCCCCC/C=C\C/C=C\CCC. The lowest BCUT2D eigenvalue weighted by atomic mass is 10.0. The Bertz CT molecular complexity index is 2670. The van der Waals surface area contributed by atoms with Gasteiger partial charge in [0.2, 0.25) is 0 Å². The molecule has 0 aliphatic carbocycles. The summed E-state index contributed by atoms with van der Waals surface area (Å²) in [4.78, 5) is 58.8. The predicted octanol–water partition coefficient (Wildman–Crippen LogP) is 28.3. The minimum absolute atomic E-state index is 0.0879. The number of esters is 3. The summed E-state index contributed by atoms with van der Waals surface area (Å²) < 4.78 is 61.3. The van der Waals surface area contributed by atoms with Crippen molar-refractivity contribution in [1.29, 1.82) is 0 Å². The van der Waals surface area contributed by atoms with Crippen molar-refractivity contribution >= 4 is 33.6 Å². The maximum Gasteiger partial charge on any atom is 0.472 e. The van der Waals surface area contributed by atoms with Gasteiger partial charge < -0.3 is 34.2 Å². The third-order valence-electron chi connectivity index (χ3n) is 19.5. The van der Waals surface area contributed by atoms with E-state index in [1.165, 1.54) is 180 Å². The Labute approximate surface area is 702 Å². The van der Waals surface area contributed by atoms with Crippen LogP contribution in [-0.2, 0) is 55.8 Å². The Morgan fingerprint density at radius 2 is 0.461 bits per heavy atom. The van der Waals surface area contributed by atoms with E-state index in [0.29, 0.717) is 19.3 Å². The summed E-state index contributed by atoms with van der Waals surface area (Å²) in [5, 5.41) is 20.7. The number of rotatable bonds is 87. The van der Waals surface area contributed by atoms with Crippen LogP contribution in [0.5, 0.6) is 0 Å². The first-order valence-corrected chi connectivity index (χ1v) is 49.1. The first-order chi connectivity index (χ1) is 56.2. The number of hydrogen-bond acceptors (Lipinski definition) is 14. The third kappa shape index (κ3) is 90.0. The zero-order valence-electron chi connectivity index (χ0n) is 72.9. The van der Waals surface area contributed by atoms with Crippen molar-refractivity contribution in [1.82, 2.24) is 0 Å². The van der Waals surface area contributed by atoms with Gasteiger partial charge in [0, 0.05) is 19.3 Å². The van der Waals surface area contributed by atoms with E-state index in [1.54, 1.807) is 0 Å². The highest BCUT2D eigenvalue weighted by Crippen LogP contribution is 2.45. The highest BCUT2D eigenvalue weighted by atomic mass is 31.2. The summed E-state index contributed by atoms with van der Waals surface area (Å²) in [6.07, 6.45) is 112. The van der Waals surface area contributed by atoms with Gasteiger partial charge in [0.25, 0.3) is 0 Å². The van der Waals surface area contributed by atoms with Gasteiger partial charge in [-0.2, -0.15) is 0 Å². The number of aliphatic hydroxyl groups excluding tert-OH is 2. The van der Waals surface area contributed by atoms with Crippen LogP contribution in [0.3, 0.4) is 0 Å². The zero-order chi connectivity index (χ0) is 83.6. The van der Waals surface area contributed by atoms with Crippen LogP contribution < -0.4 is 0 Å². The molecule has 5 unspecified atom stereocenters. The first kappa shape index (κ1) is 110. The molecule has 0 aromatic heterocycles. The molecule has 115 heavy (non-hydrogen) atoms. The summed E-state index contributed by atoms with van der Waals surface area (Å²) in [7, 11) is -9.80. The molecule has 0 aromatic carbocycles. The number of carbonyl (C=O) groups excluding carboxylic acids is 3. The van der Waals surface area contributed by atoms with Crippen LogP contribution in [0.1, 0.15) is 393 Å². The Kier molecular flexibility index (Phi) is 85.2. The summed E-state index contributed by atoms with van der Waals surface area (Å²) >= 11 is 0. The number of phosphoric acid groups is 2. The van der Waals surface area contributed by atoms with E-state index >= 15 is 0 Å². The van der Waals surface area contributed by atoms with Crippen LogP contribution in [0.2, 0.25) is 0 Å². The largest absolute Gasteiger partial charge is 0.472 e. The monoisotopic (exact) mass is 1650 g/mol. The van der Waals surface area contributed by atoms with Gasteiger partial charge in [-0.1, -0.05) is 385 Å². The molecule has 0 saturated heterocycles. The molecular weight excluding hydrogens is 1480 g/mol. The molecular formula is C97H168O16P2. The number of hydrogen-bond donors (Lipinski definition) is 4. The van der Waals surface area contributed by atoms with Gasteiger partial charge in [-0.3, -0.25) is 32.5 Å². The molecule has 0 rings (SSSR count). The number of ether oxygens (including phenoxy) is 3. The third-order valence-corrected chi connectivity index (χ3v) is 21.4. The lowest BCUT2D eigenvalue weighted by Gasteiger charge is -2.21. The van der Waals surface area contributed by atoms with Gasteiger partial charge in [-0.15, -0.1) is 0 Å². The molecule has 0 bridgehead atoms. The van der Waals surface area contributed by atoms with Crippen LogP contribution >= 0.6 is 15.6 Å². The van der Waals surface area contributed by atoms with Crippen LogP contribution in [0.15, 0.2) is 146 Å². The Morgan fingerprint density at radius 3 is 0.730 bits per heavy atom. The number of aliphatic hydroxyl groups is 2. The standard InChI is InChI=1S/C97H168O16P2/c1-4-7-10-13-16-19-22-25-27-29-31-33-35-37-39-41-43-44-45-46-48-50-51-53-55-57-59-61-63-66-68-71-74-77-80-83-95(100)107-86-92(98)87-109-114(103,104)110-88-93(99)89-111-115(105,106)112-91-94(113-97(102)85-82-79-76-73-70-65-24-21-18-15-12-9-6-3)90-108-96(101)84-81-78-75-72-69-67-64-62-60-58-56-54-52-49-47-42-40-38-36-34-32-30-28-26-23-20-17-14-11-8-5-2/h7-8,10-12,15-17,19-21,24-28,31-34,37-40,92-94,98-99H,4-6,9,13-14,18,22-23,29-30,35-36,41-91H2,1-3H3,(H,103,104)(H,105,106)/b10-7-,11-8-,15-12-,19-16-,20-17-,24-21-,27-25-,28-26-,33-31-,34-32-,39-37-,40-38-. The molecule has 0 spiro atoms. The molecule has 662 valence electrons. The topological polar surface area (TPSA) is 231 Å². The fraction of sp³-hybridized carbons (Fsp3) is 0.722. The van der Waals surface area contributed by atoms with E-state index < -0.39 is 91.5 Å². The Balaban J connectivity index is 4.36. The molecule has 0 aromatic rings. The molecule has 0 radical (unpaired) electrons. The maximum atomic E-state index is 13.0. The van der Waals surface area contributed by atoms with Crippen molar-refractivity contribution in [3.05, 3.63) is 146 Å². The van der Waals surface area contributed by atoms with E-state index in [9.17, 15) is 43.5 Å². The Hall–Kier alpha value is -4.57. The fourth-order valence-electron chi connectivity index (χ4n) is 12.6. The second-order valence-electron chi connectivity index (χ2n) is 30.7. The second kappa shape index (κ2) is 88.7. The Morgan fingerprint density at radius 1 is 0.252 bits per heavy atom. The van der Waals surface area contributed by atoms with Crippen LogP contribution in [0.4, 0.5) is 0 Å². The minimum Gasteiger partial charge on any atom is -0.463 e.